The average molecular weight is 391 g/mol. The molecule has 0 aliphatic heterocycles. The Bertz CT molecular complexity index is 924. The minimum Gasteiger partial charge on any atom is -0.484 e. The first kappa shape index (κ1) is 20.4. The molecule has 0 atom stereocenters. The fraction of sp³-hybridized carbons (Fsp3) is 0.222. The smallest absolute Gasteiger partial charge is 0.262 e. The maximum Gasteiger partial charge on any atom is 0.262 e. The van der Waals surface area contributed by atoms with Gasteiger partial charge >= 0.3 is 0 Å². The van der Waals surface area contributed by atoms with Crippen LogP contribution in [0.15, 0.2) is 53.4 Å². The van der Waals surface area contributed by atoms with Crippen LogP contribution in [0.4, 0.5) is 11.4 Å². The molecular formula is C18H21N3O5S. The van der Waals surface area contributed by atoms with Gasteiger partial charge in [0.25, 0.3) is 5.91 Å². The predicted molar refractivity (Wildman–Crippen MR) is 102 cm³/mol. The number of hydrogen-bond donors (Lipinski definition) is 3. The van der Waals surface area contributed by atoms with Crippen LogP contribution in [0.2, 0.25) is 0 Å². The highest BCUT2D eigenvalue weighted by Crippen LogP contribution is 2.18. The molecule has 9 heteroatoms. The van der Waals surface area contributed by atoms with Crippen LogP contribution in [0.5, 0.6) is 5.75 Å². The molecule has 0 radical (unpaired) electrons. The molecule has 0 saturated carbocycles. The maximum absolute atomic E-state index is 12.0. The molecule has 0 aliphatic carbocycles. The highest BCUT2D eigenvalue weighted by Gasteiger charge is 2.10. The molecule has 0 spiro atoms. The summed E-state index contributed by atoms with van der Waals surface area (Å²) in [4.78, 5) is 23.6. The first-order valence-corrected chi connectivity index (χ1v) is 9.66. The van der Waals surface area contributed by atoms with E-state index in [-0.39, 0.29) is 23.3 Å². The fourth-order valence-electron chi connectivity index (χ4n) is 2.02. The minimum absolute atomic E-state index is 0.0444. The molecule has 4 N–H and O–H groups in total. The zero-order chi connectivity index (χ0) is 20.0. The van der Waals surface area contributed by atoms with Crippen LogP contribution in [-0.4, -0.2) is 26.8 Å². The van der Waals surface area contributed by atoms with Crippen molar-refractivity contribution in [2.45, 2.75) is 18.7 Å². The highest BCUT2D eigenvalue weighted by molar-refractivity contribution is 7.89. The van der Waals surface area contributed by atoms with E-state index < -0.39 is 15.9 Å². The van der Waals surface area contributed by atoms with Crippen molar-refractivity contribution >= 4 is 33.2 Å². The largest absolute Gasteiger partial charge is 0.484 e. The molecule has 8 nitrogen and oxygen atoms in total. The molecule has 0 heterocycles. The molecule has 2 aromatic carbocycles. The summed E-state index contributed by atoms with van der Waals surface area (Å²) in [6.07, 6.45) is 0. The summed E-state index contributed by atoms with van der Waals surface area (Å²) in [5.74, 6) is -0.264. The second kappa shape index (κ2) is 8.65. The first-order chi connectivity index (χ1) is 12.6. The number of ether oxygens (including phenoxy) is 1. The van der Waals surface area contributed by atoms with Crippen molar-refractivity contribution in [3.8, 4) is 5.75 Å². The molecule has 2 rings (SSSR count). The van der Waals surface area contributed by atoms with Gasteiger partial charge in [0.05, 0.1) is 4.90 Å². The van der Waals surface area contributed by atoms with E-state index in [1.807, 2.05) is 0 Å². The van der Waals surface area contributed by atoms with Crippen molar-refractivity contribution in [1.29, 1.82) is 0 Å². The van der Waals surface area contributed by atoms with Gasteiger partial charge in [-0.2, -0.15) is 0 Å². The Kier molecular flexibility index (Phi) is 6.54. The Labute approximate surface area is 157 Å². The molecule has 2 amide bonds. The number of rotatable bonds is 7. The molecule has 0 saturated heterocycles. The van der Waals surface area contributed by atoms with Crippen LogP contribution in [-0.2, 0) is 19.6 Å². The standard InChI is InChI=1S/C18H21N3O5S/c1-12(2)18(23)21-14-4-3-5-15(10-14)26-11-17(22)20-13-6-8-16(9-7-13)27(19,24)25/h3-10,12H,11H2,1-2H3,(H,20,22)(H,21,23)(H2,19,24,25). The lowest BCUT2D eigenvalue weighted by atomic mass is 10.2. The van der Waals surface area contributed by atoms with E-state index in [1.54, 1.807) is 38.1 Å². The van der Waals surface area contributed by atoms with Gasteiger partial charge in [0.1, 0.15) is 5.75 Å². The third-order valence-electron chi connectivity index (χ3n) is 3.46. The Hall–Kier alpha value is -2.91. The van der Waals surface area contributed by atoms with Crippen LogP contribution in [0, 0.1) is 5.92 Å². The number of anilines is 2. The van der Waals surface area contributed by atoms with Crippen molar-refractivity contribution in [2.75, 3.05) is 17.2 Å². The number of sulfonamides is 1. The number of benzene rings is 2. The summed E-state index contributed by atoms with van der Waals surface area (Å²) in [6, 6.07) is 12.2. The quantitative estimate of drug-likeness (QED) is 0.665. The number of hydrogen-bond acceptors (Lipinski definition) is 5. The minimum atomic E-state index is -3.78. The van der Waals surface area contributed by atoms with Gasteiger partial charge in [-0.05, 0) is 36.4 Å². The van der Waals surface area contributed by atoms with Gasteiger partial charge in [-0.25, -0.2) is 13.6 Å². The highest BCUT2D eigenvalue weighted by atomic mass is 32.2. The monoisotopic (exact) mass is 391 g/mol. The molecule has 0 bridgehead atoms. The van der Waals surface area contributed by atoms with E-state index in [4.69, 9.17) is 9.88 Å². The van der Waals surface area contributed by atoms with Gasteiger partial charge < -0.3 is 15.4 Å². The van der Waals surface area contributed by atoms with Crippen LogP contribution in [0.1, 0.15) is 13.8 Å². The normalized spacial score (nSPS) is 11.1. The molecule has 27 heavy (non-hydrogen) atoms. The van der Waals surface area contributed by atoms with Gasteiger partial charge in [-0.3, -0.25) is 9.59 Å². The number of carbonyl (C=O) groups is 2. The Morgan fingerprint density at radius 3 is 2.30 bits per heavy atom. The lowest BCUT2D eigenvalue weighted by Crippen LogP contribution is -2.20. The number of nitrogens with two attached hydrogens (primary N) is 1. The lowest BCUT2D eigenvalue weighted by Gasteiger charge is -2.11. The zero-order valence-corrected chi connectivity index (χ0v) is 15.7. The number of primary sulfonamides is 1. The van der Waals surface area contributed by atoms with Gasteiger partial charge in [0.2, 0.25) is 15.9 Å². The van der Waals surface area contributed by atoms with Crippen LogP contribution >= 0.6 is 0 Å². The van der Waals surface area contributed by atoms with Crippen molar-refractivity contribution in [3.05, 3.63) is 48.5 Å². The van der Waals surface area contributed by atoms with E-state index >= 15 is 0 Å². The van der Waals surface area contributed by atoms with Crippen LogP contribution in [0.25, 0.3) is 0 Å². The van der Waals surface area contributed by atoms with Crippen LogP contribution < -0.4 is 20.5 Å². The van der Waals surface area contributed by atoms with E-state index in [1.165, 1.54) is 24.3 Å². The fourth-order valence-corrected chi connectivity index (χ4v) is 2.54. The number of nitrogens with one attached hydrogen (secondary N) is 2. The summed E-state index contributed by atoms with van der Waals surface area (Å²) in [5, 5.41) is 10.3. The van der Waals surface area contributed by atoms with E-state index in [9.17, 15) is 18.0 Å². The summed E-state index contributed by atoms with van der Waals surface area (Å²) >= 11 is 0. The third kappa shape index (κ3) is 6.39. The topological polar surface area (TPSA) is 128 Å². The summed E-state index contributed by atoms with van der Waals surface area (Å²) in [5.41, 5.74) is 0.985. The van der Waals surface area contributed by atoms with Crippen molar-refractivity contribution < 1.29 is 22.7 Å². The second-order valence-electron chi connectivity index (χ2n) is 6.08. The SMILES string of the molecule is CC(C)C(=O)Nc1cccc(OCC(=O)Nc2ccc(S(N)(=O)=O)cc2)c1. The Morgan fingerprint density at radius 2 is 1.70 bits per heavy atom. The Morgan fingerprint density at radius 1 is 1.04 bits per heavy atom. The maximum atomic E-state index is 12.0. The van der Waals surface area contributed by atoms with E-state index in [2.05, 4.69) is 10.6 Å². The number of amides is 2. The molecule has 0 fully saturated rings. The van der Waals surface area contributed by atoms with E-state index in [0.29, 0.717) is 17.1 Å². The van der Waals surface area contributed by atoms with Gasteiger partial charge in [0, 0.05) is 23.4 Å². The zero-order valence-electron chi connectivity index (χ0n) is 14.9. The molecule has 0 unspecified atom stereocenters. The molecule has 0 aliphatic rings. The first-order valence-electron chi connectivity index (χ1n) is 8.11. The van der Waals surface area contributed by atoms with Gasteiger partial charge in [-0.15, -0.1) is 0 Å². The Balaban J connectivity index is 1.91. The molecule has 144 valence electrons. The summed E-state index contributed by atoms with van der Waals surface area (Å²) < 4.78 is 27.8. The number of carbonyl (C=O) groups excluding carboxylic acids is 2. The average Bonchev–Trinajstić information content (AvgIpc) is 2.60. The molecule has 2 aromatic rings. The van der Waals surface area contributed by atoms with E-state index in [0.717, 1.165) is 0 Å². The van der Waals surface area contributed by atoms with Crippen molar-refractivity contribution in [1.82, 2.24) is 0 Å². The predicted octanol–water partition coefficient (Wildman–Crippen LogP) is 1.95. The second-order valence-corrected chi connectivity index (χ2v) is 7.64. The lowest BCUT2D eigenvalue weighted by molar-refractivity contribution is -0.119. The third-order valence-corrected chi connectivity index (χ3v) is 4.39. The molecule has 0 aromatic heterocycles. The van der Waals surface area contributed by atoms with Crippen molar-refractivity contribution in [3.63, 3.8) is 0 Å². The summed E-state index contributed by atoms with van der Waals surface area (Å²) in [6.45, 7) is 3.32. The van der Waals surface area contributed by atoms with Gasteiger partial charge in [0.15, 0.2) is 6.61 Å². The molecular weight excluding hydrogens is 370 g/mol. The van der Waals surface area contributed by atoms with Crippen LogP contribution in [0.3, 0.4) is 0 Å². The van der Waals surface area contributed by atoms with Crippen molar-refractivity contribution in [2.24, 2.45) is 11.1 Å². The van der Waals surface area contributed by atoms with Gasteiger partial charge in [-0.1, -0.05) is 19.9 Å². The summed E-state index contributed by atoms with van der Waals surface area (Å²) in [7, 11) is -3.78.